The number of rotatable bonds is 6. The van der Waals surface area contributed by atoms with E-state index in [0.29, 0.717) is 4.57 Å². The molecule has 0 spiro atoms. The Morgan fingerprint density at radius 3 is 2.52 bits per heavy atom. The van der Waals surface area contributed by atoms with Gasteiger partial charge in [0.2, 0.25) is 5.88 Å². The van der Waals surface area contributed by atoms with Gasteiger partial charge in [-0.15, -0.1) is 0 Å². The van der Waals surface area contributed by atoms with Gasteiger partial charge in [0.15, 0.2) is 5.56 Å². The average Bonchev–Trinajstić information content (AvgIpc) is 2.62. The van der Waals surface area contributed by atoms with Crippen LogP contribution in [0.2, 0.25) is 5.02 Å². The van der Waals surface area contributed by atoms with E-state index in [9.17, 15) is 32.7 Å². The number of ether oxygens (including phenoxy) is 1. The fourth-order valence-electron chi connectivity index (χ4n) is 2.28. The van der Waals surface area contributed by atoms with Crippen molar-refractivity contribution in [2.45, 2.75) is 25.2 Å². The number of aromatic hydroxyl groups is 1. The lowest BCUT2D eigenvalue weighted by Gasteiger charge is -2.19. The molecule has 2 aromatic rings. The largest absolute Gasteiger partial charge is 0.494 e. The summed E-state index contributed by atoms with van der Waals surface area (Å²) in [6.07, 6.45) is -4.35. The van der Waals surface area contributed by atoms with E-state index < -0.39 is 51.1 Å². The molecule has 1 unspecified atom stereocenters. The van der Waals surface area contributed by atoms with Crippen LogP contribution in [-0.4, -0.2) is 31.9 Å². The van der Waals surface area contributed by atoms with Crippen molar-refractivity contribution in [2.24, 2.45) is 7.05 Å². The summed E-state index contributed by atoms with van der Waals surface area (Å²) in [5.41, 5.74) is -5.73. The predicted molar refractivity (Wildman–Crippen MR) is 99.0 cm³/mol. The second-order valence-corrected chi connectivity index (χ2v) is 6.44. The summed E-state index contributed by atoms with van der Waals surface area (Å²) < 4.78 is 44.7. The molecule has 8 nitrogen and oxygen atoms in total. The van der Waals surface area contributed by atoms with Crippen molar-refractivity contribution < 1.29 is 27.8 Å². The smallest absolute Gasteiger partial charge is 0.444 e. The summed E-state index contributed by atoms with van der Waals surface area (Å²) in [4.78, 5) is 36.7. The van der Waals surface area contributed by atoms with Gasteiger partial charge in [-0.25, -0.2) is 9.18 Å². The van der Waals surface area contributed by atoms with E-state index in [0.717, 1.165) is 29.8 Å². The standard InChI is InChI=1S/C16H14Cl2F3N3O5/c1-3-24-13(27)10(12(26)23(2)15(24)28)11(25)22-7-4-5-9(8(17)6-7)29-16(20,21)14(18)19/h4-6,14,26H,3H2,1-2H3,(H,22,25). The minimum absolute atomic E-state index is 0.0473. The molecule has 0 radical (unpaired) electrons. The number of anilines is 1. The molecular formula is C16H14Cl2F3N3O5. The van der Waals surface area contributed by atoms with Gasteiger partial charge < -0.3 is 15.2 Å². The molecule has 1 atom stereocenters. The van der Waals surface area contributed by atoms with Crippen LogP contribution in [0.3, 0.4) is 0 Å². The molecule has 0 fully saturated rings. The van der Waals surface area contributed by atoms with Gasteiger partial charge in [-0.3, -0.25) is 18.7 Å². The topological polar surface area (TPSA) is 103 Å². The number of hydrogen-bond donors (Lipinski definition) is 2. The Morgan fingerprint density at radius 1 is 1.38 bits per heavy atom. The Balaban J connectivity index is 2.36. The van der Waals surface area contributed by atoms with Gasteiger partial charge in [0.05, 0.1) is 5.02 Å². The molecule has 1 amide bonds. The number of carbonyl (C=O) groups is 1. The zero-order valence-corrected chi connectivity index (χ0v) is 16.4. The van der Waals surface area contributed by atoms with Crippen molar-refractivity contribution in [1.29, 1.82) is 0 Å². The van der Waals surface area contributed by atoms with Crippen LogP contribution in [0.5, 0.6) is 11.6 Å². The van der Waals surface area contributed by atoms with Gasteiger partial charge in [-0.05, 0) is 25.1 Å². The summed E-state index contributed by atoms with van der Waals surface area (Å²) in [6.45, 7) is 1.45. The second kappa shape index (κ2) is 8.37. The lowest BCUT2D eigenvalue weighted by atomic mass is 10.2. The zero-order chi connectivity index (χ0) is 22.1. The van der Waals surface area contributed by atoms with E-state index in [-0.39, 0.29) is 12.2 Å². The number of aromatic nitrogens is 2. The fraction of sp³-hybridized carbons (Fsp3) is 0.312. The van der Waals surface area contributed by atoms with E-state index in [1.54, 1.807) is 0 Å². The molecule has 2 rings (SSSR count). The molecule has 0 aliphatic heterocycles. The lowest BCUT2D eigenvalue weighted by molar-refractivity contribution is -0.198. The van der Waals surface area contributed by atoms with Gasteiger partial charge in [0.1, 0.15) is 5.75 Å². The van der Waals surface area contributed by atoms with E-state index in [1.165, 1.54) is 6.92 Å². The first kappa shape index (κ1) is 22.6. The second-order valence-electron chi connectivity index (χ2n) is 5.65. The van der Waals surface area contributed by atoms with Crippen LogP contribution in [-0.2, 0) is 13.6 Å². The highest BCUT2D eigenvalue weighted by Crippen LogP contribution is 2.34. The Bertz CT molecular complexity index is 1070. The quantitative estimate of drug-likeness (QED) is 0.651. The van der Waals surface area contributed by atoms with E-state index in [4.69, 9.17) is 23.2 Å². The highest BCUT2D eigenvalue weighted by atomic mass is 35.5. The van der Waals surface area contributed by atoms with Crippen LogP contribution in [0.15, 0.2) is 27.8 Å². The van der Waals surface area contributed by atoms with Gasteiger partial charge in [-0.2, -0.15) is 8.78 Å². The molecule has 0 saturated carbocycles. The maximum absolute atomic E-state index is 13.2. The third-order valence-corrected chi connectivity index (χ3v) is 4.30. The highest BCUT2D eigenvalue weighted by molar-refractivity contribution is 6.32. The first-order valence-corrected chi connectivity index (χ1v) is 8.70. The molecular weight excluding hydrogens is 442 g/mol. The molecule has 158 valence electrons. The number of nitrogens with zero attached hydrogens (tertiary/aromatic N) is 2. The lowest BCUT2D eigenvalue weighted by Crippen LogP contribution is -2.42. The molecule has 2 N–H and O–H groups in total. The summed E-state index contributed by atoms with van der Waals surface area (Å²) in [7, 11) is 1.16. The molecule has 29 heavy (non-hydrogen) atoms. The predicted octanol–water partition coefficient (Wildman–Crippen LogP) is 2.68. The number of benzene rings is 1. The van der Waals surface area contributed by atoms with Crippen LogP contribution in [0, 0.1) is 0 Å². The summed E-state index contributed by atoms with van der Waals surface area (Å²) >= 11 is 10.5. The minimum atomic E-state index is -4.35. The van der Waals surface area contributed by atoms with E-state index >= 15 is 0 Å². The zero-order valence-electron chi connectivity index (χ0n) is 14.9. The Kier molecular flexibility index (Phi) is 6.53. The first-order valence-electron chi connectivity index (χ1n) is 7.89. The van der Waals surface area contributed by atoms with Crippen molar-refractivity contribution in [2.75, 3.05) is 5.32 Å². The number of halogens is 5. The molecule has 0 aliphatic rings. The maximum atomic E-state index is 13.2. The Labute approximate surface area is 171 Å². The summed E-state index contributed by atoms with van der Waals surface area (Å²) in [5, 5.41) is 11.8. The van der Waals surface area contributed by atoms with E-state index in [1.807, 2.05) is 0 Å². The average molecular weight is 456 g/mol. The maximum Gasteiger partial charge on any atom is 0.444 e. The molecule has 0 aliphatic carbocycles. The van der Waals surface area contributed by atoms with Crippen LogP contribution < -0.4 is 21.3 Å². The van der Waals surface area contributed by atoms with E-state index in [2.05, 4.69) is 10.1 Å². The SMILES string of the molecule is CCn1c(=O)c(C(=O)Nc2ccc(OC(F)(F)C(F)Cl)c(Cl)c2)c(O)n(C)c1=O. The third kappa shape index (κ3) is 4.51. The highest BCUT2D eigenvalue weighted by Gasteiger charge is 2.42. The van der Waals surface area contributed by atoms with Crippen LogP contribution in [0.25, 0.3) is 0 Å². The summed E-state index contributed by atoms with van der Waals surface area (Å²) in [6, 6.07) is 2.98. The van der Waals surface area contributed by atoms with Crippen molar-refractivity contribution >= 4 is 34.8 Å². The van der Waals surface area contributed by atoms with Crippen molar-refractivity contribution in [3.8, 4) is 11.6 Å². The molecule has 13 heteroatoms. The fourth-order valence-corrected chi connectivity index (χ4v) is 2.54. The monoisotopic (exact) mass is 455 g/mol. The minimum Gasteiger partial charge on any atom is -0.494 e. The third-order valence-electron chi connectivity index (χ3n) is 3.75. The van der Waals surface area contributed by atoms with Gasteiger partial charge >= 0.3 is 11.8 Å². The van der Waals surface area contributed by atoms with Crippen molar-refractivity contribution in [1.82, 2.24) is 9.13 Å². The number of carbonyl (C=O) groups excluding carboxylic acids is 1. The van der Waals surface area contributed by atoms with Crippen molar-refractivity contribution in [3.05, 3.63) is 49.6 Å². The molecule has 1 heterocycles. The molecule has 1 aromatic heterocycles. The van der Waals surface area contributed by atoms with Crippen molar-refractivity contribution in [3.63, 3.8) is 0 Å². The van der Waals surface area contributed by atoms with Gasteiger partial charge in [0, 0.05) is 19.3 Å². The Morgan fingerprint density at radius 2 is 2.00 bits per heavy atom. The normalized spacial score (nSPS) is 12.5. The van der Waals surface area contributed by atoms with Crippen LogP contribution in [0.1, 0.15) is 17.3 Å². The molecule has 0 bridgehead atoms. The molecule has 1 aromatic carbocycles. The Hall–Kier alpha value is -2.66. The number of alkyl halides is 4. The summed E-state index contributed by atoms with van der Waals surface area (Å²) in [5.74, 6) is -2.55. The number of hydrogen-bond acceptors (Lipinski definition) is 5. The van der Waals surface area contributed by atoms with Gasteiger partial charge in [-0.1, -0.05) is 23.2 Å². The number of nitrogens with one attached hydrogen (secondary N) is 1. The number of amides is 1. The van der Waals surface area contributed by atoms with Gasteiger partial charge in [0.25, 0.3) is 17.1 Å². The first-order chi connectivity index (χ1) is 13.4. The molecule has 0 saturated heterocycles. The van der Waals surface area contributed by atoms with Crippen LogP contribution in [0.4, 0.5) is 18.9 Å². The van der Waals surface area contributed by atoms with Crippen LogP contribution >= 0.6 is 23.2 Å².